The van der Waals surface area contributed by atoms with Gasteiger partial charge in [-0.05, 0) is 41.7 Å². The first-order valence-electron chi connectivity index (χ1n) is 8.47. The Kier molecular flexibility index (Phi) is 5.12. The third-order valence-corrected chi connectivity index (χ3v) is 4.75. The Balaban J connectivity index is 1.81. The zero-order valence-corrected chi connectivity index (χ0v) is 14.2. The number of hydrogen-bond donors (Lipinski definition) is 1. The predicted molar refractivity (Wildman–Crippen MR) is 94.2 cm³/mol. The van der Waals surface area contributed by atoms with E-state index in [1.165, 1.54) is 7.11 Å². The number of methoxy groups -OCH3 is 1. The highest BCUT2D eigenvalue weighted by molar-refractivity contribution is 6.00. The molecule has 2 aromatic carbocycles. The van der Waals surface area contributed by atoms with Crippen LogP contribution in [0.2, 0.25) is 0 Å². The molecule has 2 atom stereocenters. The summed E-state index contributed by atoms with van der Waals surface area (Å²) >= 11 is 0. The number of esters is 1. The molecule has 0 unspecified atom stereocenters. The van der Waals surface area contributed by atoms with Gasteiger partial charge in [-0.25, -0.2) is 4.79 Å². The number of fused-ring (bicyclic) bond motifs is 1. The van der Waals surface area contributed by atoms with Crippen LogP contribution in [0.4, 0.5) is 0 Å². The normalized spacial score (nSPS) is 18.6. The van der Waals surface area contributed by atoms with Crippen molar-refractivity contribution in [3.63, 3.8) is 0 Å². The molecular weight excluding hydrogens is 318 g/mol. The van der Waals surface area contributed by atoms with Crippen LogP contribution in [0.5, 0.6) is 0 Å². The van der Waals surface area contributed by atoms with Crippen molar-refractivity contribution in [1.82, 2.24) is 5.32 Å². The van der Waals surface area contributed by atoms with Crippen LogP contribution in [0.1, 0.15) is 36.0 Å². The van der Waals surface area contributed by atoms with Gasteiger partial charge in [0.1, 0.15) is 11.8 Å². The molecule has 5 heteroatoms. The lowest BCUT2D eigenvalue weighted by atomic mass is 9.83. The summed E-state index contributed by atoms with van der Waals surface area (Å²) in [6.07, 6.45) is 2.31. The second kappa shape index (κ2) is 7.47. The van der Waals surface area contributed by atoms with Crippen LogP contribution in [0.3, 0.4) is 0 Å². The van der Waals surface area contributed by atoms with Crippen LogP contribution in [-0.2, 0) is 14.3 Å². The fourth-order valence-corrected chi connectivity index (χ4v) is 3.39. The Morgan fingerprint density at radius 1 is 1.16 bits per heavy atom. The van der Waals surface area contributed by atoms with Crippen LogP contribution < -0.4 is 5.32 Å². The van der Waals surface area contributed by atoms with E-state index in [0.29, 0.717) is 18.4 Å². The molecule has 1 fully saturated rings. The molecule has 1 saturated carbocycles. The third-order valence-electron chi connectivity index (χ3n) is 4.75. The molecule has 130 valence electrons. The lowest BCUT2D eigenvalue weighted by molar-refractivity contribution is -0.145. The van der Waals surface area contributed by atoms with Crippen molar-refractivity contribution in [3.8, 4) is 0 Å². The molecule has 2 aromatic rings. The van der Waals surface area contributed by atoms with E-state index < -0.39 is 12.0 Å². The van der Waals surface area contributed by atoms with Gasteiger partial charge in [0.25, 0.3) is 5.91 Å². The Morgan fingerprint density at radius 2 is 1.92 bits per heavy atom. The van der Waals surface area contributed by atoms with Crippen LogP contribution in [0.15, 0.2) is 42.5 Å². The van der Waals surface area contributed by atoms with E-state index in [0.717, 1.165) is 23.6 Å². The topological polar surface area (TPSA) is 72.5 Å². The number of ether oxygens (including phenoxy) is 1. The van der Waals surface area contributed by atoms with E-state index in [1.807, 2.05) is 30.3 Å². The molecule has 0 heterocycles. The number of Topliss-reactive ketones (excluding diaryl/α,β-unsaturated/α-hetero) is 1. The van der Waals surface area contributed by atoms with Crippen LogP contribution in [0.25, 0.3) is 10.8 Å². The van der Waals surface area contributed by atoms with E-state index in [1.54, 1.807) is 12.1 Å². The van der Waals surface area contributed by atoms with Crippen molar-refractivity contribution in [2.24, 2.45) is 5.92 Å². The lowest BCUT2D eigenvalue weighted by Gasteiger charge is -2.28. The standard InChI is InChI=1S/C20H21NO4/c1-25-20(24)18(15-7-4-8-17(22)12-15)21-19(23)16-10-9-13-5-2-3-6-14(13)11-16/h2-3,5-6,9-11,15,18H,4,7-8,12H2,1H3,(H,21,23)/t15-,18+/m1/s1. The molecule has 0 bridgehead atoms. The number of carbonyl (C=O) groups excluding carboxylic acids is 3. The van der Waals surface area contributed by atoms with Crippen molar-refractivity contribution in [3.05, 3.63) is 48.0 Å². The molecule has 3 rings (SSSR count). The van der Waals surface area contributed by atoms with Crippen molar-refractivity contribution >= 4 is 28.4 Å². The molecule has 0 aromatic heterocycles. The fourth-order valence-electron chi connectivity index (χ4n) is 3.39. The molecule has 0 spiro atoms. The summed E-state index contributed by atoms with van der Waals surface area (Å²) in [4.78, 5) is 36.5. The molecule has 1 N–H and O–H groups in total. The molecule has 25 heavy (non-hydrogen) atoms. The molecule has 0 aliphatic heterocycles. The fraction of sp³-hybridized carbons (Fsp3) is 0.350. The van der Waals surface area contributed by atoms with Crippen LogP contribution in [-0.4, -0.2) is 30.8 Å². The highest BCUT2D eigenvalue weighted by Crippen LogP contribution is 2.25. The first kappa shape index (κ1) is 17.1. The average molecular weight is 339 g/mol. The number of rotatable bonds is 4. The van der Waals surface area contributed by atoms with Gasteiger partial charge in [0.05, 0.1) is 7.11 Å². The van der Waals surface area contributed by atoms with Crippen molar-refractivity contribution < 1.29 is 19.1 Å². The highest BCUT2D eigenvalue weighted by Gasteiger charge is 2.34. The summed E-state index contributed by atoms with van der Waals surface area (Å²) in [6, 6.07) is 12.4. The number of benzene rings is 2. The monoisotopic (exact) mass is 339 g/mol. The van der Waals surface area contributed by atoms with E-state index in [-0.39, 0.29) is 17.6 Å². The van der Waals surface area contributed by atoms with Gasteiger partial charge in [0, 0.05) is 18.4 Å². The Bertz CT molecular complexity index is 814. The van der Waals surface area contributed by atoms with Gasteiger partial charge in [0.15, 0.2) is 0 Å². The highest BCUT2D eigenvalue weighted by atomic mass is 16.5. The van der Waals surface area contributed by atoms with E-state index in [4.69, 9.17) is 4.74 Å². The molecular formula is C20H21NO4. The quantitative estimate of drug-likeness (QED) is 0.870. The van der Waals surface area contributed by atoms with Gasteiger partial charge >= 0.3 is 5.97 Å². The Morgan fingerprint density at radius 3 is 2.64 bits per heavy atom. The van der Waals surface area contributed by atoms with Gasteiger partial charge in [-0.2, -0.15) is 0 Å². The van der Waals surface area contributed by atoms with E-state index in [2.05, 4.69) is 5.32 Å². The largest absolute Gasteiger partial charge is 0.467 e. The summed E-state index contributed by atoms with van der Waals surface area (Å²) in [7, 11) is 1.29. The number of nitrogens with one attached hydrogen (secondary N) is 1. The first-order valence-corrected chi connectivity index (χ1v) is 8.47. The molecule has 0 saturated heterocycles. The maximum absolute atomic E-state index is 12.6. The van der Waals surface area contributed by atoms with E-state index >= 15 is 0 Å². The summed E-state index contributed by atoms with van der Waals surface area (Å²) in [5.41, 5.74) is 0.481. The minimum Gasteiger partial charge on any atom is -0.467 e. The van der Waals surface area contributed by atoms with Gasteiger partial charge < -0.3 is 10.1 Å². The van der Waals surface area contributed by atoms with Gasteiger partial charge in [0.2, 0.25) is 0 Å². The van der Waals surface area contributed by atoms with Gasteiger partial charge in [-0.1, -0.05) is 30.3 Å². The van der Waals surface area contributed by atoms with Crippen LogP contribution in [0, 0.1) is 5.92 Å². The predicted octanol–water partition coefficient (Wildman–Crippen LogP) is 2.87. The summed E-state index contributed by atoms with van der Waals surface area (Å²) in [5.74, 6) is -0.920. The maximum Gasteiger partial charge on any atom is 0.328 e. The smallest absolute Gasteiger partial charge is 0.328 e. The van der Waals surface area contributed by atoms with Gasteiger partial charge in [-0.15, -0.1) is 0 Å². The number of hydrogen-bond acceptors (Lipinski definition) is 4. The van der Waals surface area contributed by atoms with Crippen molar-refractivity contribution in [2.75, 3.05) is 7.11 Å². The zero-order chi connectivity index (χ0) is 17.8. The third kappa shape index (κ3) is 3.87. The minimum absolute atomic E-state index is 0.130. The minimum atomic E-state index is -0.798. The van der Waals surface area contributed by atoms with Crippen molar-refractivity contribution in [2.45, 2.75) is 31.7 Å². The summed E-state index contributed by atoms with van der Waals surface area (Å²) < 4.78 is 4.84. The SMILES string of the molecule is COC(=O)[C@@H](NC(=O)c1ccc2ccccc2c1)[C@@H]1CCCC(=O)C1. The second-order valence-electron chi connectivity index (χ2n) is 6.43. The van der Waals surface area contributed by atoms with Crippen molar-refractivity contribution in [1.29, 1.82) is 0 Å². The summed E-state index contributed by atoms with van der Waals surface area (Å²) in [6.45, 7) is 0. The Labute approximate surface area is 146 Å². The first-order chi connectivity index (χ1) is 12.1. The molecule has 1 amide bonds. The van der Waals surface area contributed by atoms with E-state index in [9.17, 15) is 14.4 Å². The second-order valence-corrected chi connectivity index (χ2v) is 6.43. The number of amides is 1. The molecule has 0 radical (unpaired) electrons. The lowest BCUT2D eigenvalue weighted by Crippen LogP contribution is -2.48. The Hall–Kier alpha value is -2.69. The molecule has 1 aliphatic rings. The summed E-state index contributed by atoms with van der Waals surface area (Å²) in [5, 5.41) is 4.77. The van der Waals surface area contributed by atoms with Gasteiger partial charge in [-0.3, -0.25) is 9.59 Å². The van der Waals surface area contributed by atoms with Crippen LogP contribution >= 0.6 is 0 Å². The average Bonchev–Trinajstić information content (AvgIpc) is 2.64. The molecule has 5 nitrogen and oxygen atoms in total. The number of ketones is 1. The molecule has 1 aliphatic carbocycles. The zero-order valence-electron chi connectivity index (χ0n) is 14.2. The number of carbonyl (C=O) groups is 3. The maximum atomic E-state index is 12.6.